The van der Waals surface area contributed by atoms with Crippen molar-refractivity contribution in [2.45, 2.75) is 71.0 Å². The van der Waals surface area contributed by atoms with Crippen molar-refractivity contribution in [3.05, 3.63) is 59.7 Å². The van der Waals surface area contributed by atoms with Crippen LogP contribution >= 0.6 is 12.6 Å². The maximum atomic E-state index is 12.8. The lowest BCUT2D eigenvalue weighted by Crippen LogP contribution is -2.52. The zero-order valence-electron chi connectivity index (χ0n) is 22.2. The summed E-state index contributed by atoms with van der Waals surface area (Å²) in [5.41, 5.74) is 8.27. The first-order chi connectivity index (χ1) is 17.4. The molecule has 2 N–H and O–H groups in total. The average Bonchev–Trinajstić information content (AvgIpc) is 3.19. The average molecular weight is 514 g/mol. The fraction of sp³-hybridized carbons (Fsp3) is 0.552. The van der Waals surface area contributed by atoms with Crippen molar-refractivity contribution >= 4 is 18.5 Å². The molecule has 0 bridgehead atoms. The van der Waals surface area contributed by atoms with Crippen molar-refractivity contribution < 1.29 is 14.3 Å². The van der Waals surface area contributed by atoms with Gasteiger partial charge in [-0.3, -0.25) is 14.6 Å². The maximum Gasteiger partial charge on any atom is 0.235 e. The van der Waals surface area contributed by atoms with Gasteiger partial charge in [-0.05, 0) is 38.3 Å². The molecule has 0 aliphatic carbocycles. The van der Waals surface area contributed by atoms with E-state index in [1.807, 2.05) is 44.2 Å². The van der Waals surface area contributed by atoms with E-state index >= 15 is 0 Å². The Kier molecular flexibility index (Phi) is 11.0. The maximum absolute atomic E-state index is 12.8. The number of amides is 1. The minimum absolute atomic E-state index is 0.141. The van der Waals surface area contributed by atoms with Crippen molar-refractivity contribution in [3.63, 3.8) is 0 Å². The smallest absolute Gasteiger partial charge is 0.235 e. The summed E-state index contributed by atoms with van der Waals surface area (Å²) >= 11 is 4.86. The molecular formula is C29H43N3O3S. The van der Waals surface area contributed by atoms with E-state index in [1.54, 1.807) is 0 Å². The summed E-state index contributed by atoms with van der Waals surface area (Å²) in [6.07, 6.45) is 1.83. The molecule has 6 nitrogen and oxygen atoms in total. The van der Waals surface area contributed by atoms with Gasteiger partial charge in [0.2, 0.25) is 5.91 Å². The Balaban J connectivity index is 1.89. The molecule has 1 amide bonds. The zero-order chi connectivity index (χ0) is 26.1. The van der Waals surface area contributed by atoms with Crippen LogP contribution in [0.5, 0.6) is 11.5 Å². The summed E-state index contributed by atoms with van der Waals surface area (Å²) in [6.45, 7) is 12.5. The van der Waals surface area contributed by atoms with Gasteiger partial charge in [0, 0.05) is 48.6 Å². The molecule has 1 fully saturated rings. The summed E-state index contributed by atoms with van der Waals surface area (Å²) in [7, 11) is 0. The van der Waals surface area contributed by atoms with Crippen LogP contribution in [-0.2, 0) is 17.9 Å². The van der Waals surface area contributed by atoms with Crippen molar-refractivity contribution in [2.75, 3.05) is 26.3 Å². The van der Waals surface area contributed by atoms with Crippen molar-refractivity contribution in [3.8, 4) is 11.5 Å². The number of hydrogen-bond donors (Lipinski definition) is 2. The van der Waals surface area contributed by atoms with Crippen LogP contribution in [0.3, 0.4) is 0 Å². The third kappa shape index (κ3) is 7.40. The molecule has 2 aromatic carbocycles. The van der Waals surface area contributed by atoms with Gasteiger partial charge in [0.25, 0.3) is 0 Å². The molecule has 0 saturated carbocycles. The highest BCUT2D eigenvalue weighted by molar-refractivity contribution is 7.81. The molecule has 7 heteroatoms. The number of carbonyl (C=O) groups excluding carboxylic acids is 1. The van der Waals surface area contributed by atoms with Crippen LogP contribution in [0, 0.1) is 5.92 Å². The number of primary amides is 1. The third-order valence-electron chi connectivity index (χ3n) is 7.11. The van der Waals surface area contributed by atoms with E-state index in [-0.39, 0.29) is 29.2 Å². The fourth-order valence-electron chi connectivity index (χ4n) is 5.23. The summed E-state index contributed by atoms with van der Waals surface area (Å²) < 4.78 is 11.8. The second-order valence-electron chi connectivity index (χ2n) is 9.72. The number of carbonyl (C=O) groups is 1. The third-order valence-corrected chi connectivity index (χ3v) is 7.48. The van der Waals surface area contributed by atoms with Crippen molar-refractivity contribution in [2.24, 2.45) is 11.7 Å². The molecule has 1 aliphatic rings. The van der Waals surface area contributed by atoms with Gasteiger partial charge < -0.3 is 15.2 Å². The van der Waals surface area contributed by atoms with Crippen LogP contribution in [0.25, 0.3) is 0 Å². The number of ether oxygens (including phenoxy) is 2. The molecule has 0 spiro atoms. The summed E-state index contributed by atoms with van der Waals surface area (Å²) in [6, 6.07) is 16.2. The minimum Gasteiger partial charge on any atom is -0.494 e. The molecule has 3 rings (SSSR count). The Labute approximate surface area is 222 Å². The van der Waals surface area contributed by atoms with E-state index in [9.17, 15) is 4.79 Å². The Morgan fingerprint density at radius 1 is 1.06 bits per heavy atom. The first-order valence-electron chi connectivity index (χ1n) is 13.2. The Morgan fingerprint density at radius 2 is 1.64 bits per heavy atom. The number of nitrogens with two attached hydrogens (primary N) is 1. The van der Waals surface area contributed by atoms with Gasteiger partial charge in [-0.2, -0.15) is 12.6 Å². The number of hydrogen-bond acceptors (Lipinski definition) is 6. The van der Waals surface area contributed by atoms with Gasteiger partial charge in [-0.1, -0.05) is 56.7 Å². The molecule has 36 heavy (non-hydrogen) atoms. The lowest BCUT2D eigenvalue weighted by molar-refractivity contribution is -0.125. The summed E-state index contributed by atoms with van der Waals surface area (Å²) in [4.78, 5) is 17.5. The number of thiol groups is 1. The van der Waals surface area contributed by atoms with E-state index in [2.05, 4.69) is 41.8 Å². The molecule has 4 atom stereocenters. The molecule has 1 heterocycles. The second kappa shape index (κ2) is 13.9. The fourth-order valence-corrected chi connectivity index (χ4v) is 5.68. The molecular weight excluding hydrogens is 470 g/mol. The predicted octanol–water partition coefficient (Wildman–Crippen LogP) is 4.76. The van der Waals surface area contributed by atoms with Crippen LogP contribution in [0.1, 0.15) is 51.7 Å². The number of para-hydroxylation sites is 2. The van der Waals surface area contributed by atoms with Crippen LogP contribution in [0.2, 0.25) is 0 Å². The Morgan fingerprint density at radius 3 is 2.22 bits per heavy atom. The molecule has 198 valence electrons. The van der Waals surface area contributed by atoms with E-state index in [0.29, 0.717) is 19.8 Å². The molecule has 0 unspecified atom stereocenters. The van der Waals surface area contributed by atoms with Crippen LogP contribution in [0.4, 0.5) is 0 Å². The topological polar surface area (TPSA) is 68.0 Å². The highest BCUT2D eigenvalue weighted by Crippen LogP contribution is 2.30. The van der Waals surface area contributed by atoms with Gasteiger partial charge in [-0.25, -0.2) is 0 Å². The van der Waals surface area contributed by atoms with Gasteiger partial charge >= 0.3 is 0 Å². The predicted molar refractivity (Wildman–Crippen MR) is 150 cm³/mol. The lowest BCUT2D eigenvalue weighted by Gasteiger charge is -2.37. The highest BCUT2D eigenvalue weighted by atomic mass is 32.1. The SMILES string of the molecule is CCOc1ccccc1CN1C[C@@H](S)C[C@H]1CN(Cc1ccccc1OCC)[C@H](C(N)=O)[C@@H](C)CC. The van der Waals surface area contributed by atoms with Crippen LogP contribution < -0.4 is 15.2 Å². The van der Waals surface area contributed by atoms with E-state index in [0.717, 1.165) is 49.5 Å². The molecule has 1 aliphatic heterocycles. The van der Waals surface area contributed by atoms with Gasteiger partial charge in [0.1, 0.15) is 11.5 Å². The monoisotopic (exact) mass is 513 g/mol. The standard InChI is InChI=1S/C29H43N3O3S/c1-5-21(4)28(29(30)33)32(18-23-13-9-11-15-27(23)35-7-3)19-24-16-25(36)20-31(24)17-22-12-8-10-14-26(22)34-6-2/h8-15,21,24-25,28,36H,5-7,16-20H2,1-4H3,(H2,30,33)/t21-,24-,25-,28-/m0/s1. The molecule has 1 saturated heterocycles. The molecule has 0 radical (unpaired) electrons. The van der Waals surface area contributed by atoms with Crippen LogP contribution in [0.15, 0.2) is 48.5 Å². The number of nitrogens with zero attached hydrogens (tertiary/aromatic N) is 2. The van der Waals surface area contributed by atoms with E-state index in [4.69, 9.17) is 27.8 Å². The molecule has 0 aromatic heterocycles. The highest BCUT2D eigenvalue weighted by Gasteiger charge is 2.36. The number of likely N-dealkylation sites (tertiary alicyclic amines) is 1. The minimum atomic E-state index is -0.360. The van der Waals surface area contributed by atoms with Crippen molar-refractivity contribution in [1.29, 1.82) is 0 Å². The normalized spacial score (nSPS) is 19.8. The van der Waals surface area contributed by atoms with Crippen molar-refractivity contribution in [1.82, 2.24) is 9.80 Å². The molecule has 2 aromatic rings. The van der Waals surface area contributed by atoms with Gasteiger partial charge in [0.15, 0.2) is 0 Å². The Hall–Kier alpha value is -2.22. The lowest BCUT2D eigenvalue weighted by atomic mass is 9.95. The van der Waals surface area contributed by atoms with E-state index in [1.165, 1.54) is 5.56 Å². The zero-order valence-corrected chi connectivity index (χ0v) is 23.1. The second-order valence-corrected chi connectivity index (χ2v) is 10.4. The summed E-state index contributed by atoms with van der Waals surface area (Å²) in [5.74, 6) is 1.66. The van der Waals surface area contributed by atoms with Crippen LogP contribution in [-0.4, -0.2) is 59.3 Å². The Bertz CT molecular complexity index is 972. The number of rotatable bonds is 14. The number of benzene rings is 2. The first-order valence-corrected chi connectivity index (χ1v) is 13.8. The van der Waals surface area contributed by atoms with Gasteiger partial charge in [-0.15, -0.1) is 0 Å². The summed E-state index contributed by atoms with van der Waals surface area (Å²) in [5, 5.41) is 0.280. The first kappa shape index (κ1) is 28.4. The largest absolute Gasteiger partial charge is 0.494 e. The van der Waals surface area contributed by atoms with Gasteiger partial charge in [0.05, 0.1) is 19.3 Å². The van der Waals surface area contributed by atoms with E-state index < -0.39 is 0 Å². The quantitative estimate of drug-likeness (QED) is 0.357.